The molecule has 0 aliphatic rings. The van der Waals surface area contributed by atoms with Crippen LogP contribution >= 0.6 is 23.1 Å². The van der Waals surface area contributed by atoms with E-state index in [1.165, 1.54) is 5.56 Å². The van der Waals surface area contributed by atoms with Crippen molar-refractivity contribution in [1.29, 1.82) is 0 Å². The minimum absolute atomic E-state index is 0.507. The Bertz CT molecular complexity index is 400. The summed E-state index contributed by atoms with van der Waals surface area (Å²) in [6.07, 6.45) is 3.26. The Hall–Kier alpha value is -1.07. The molecule has 0 radical (unpaired) electrons. The smallest absolute Gasteiger partial charge is 0.156 e. The van der Waals surface area contributed by atoms with Crippen LogP contribution in [0.15, 0.2) is 34.2 Å². The molecule has 2 aromatic rings. The van der Waals surface area contributed by atoms with Gasteiger partial charge in [-0.15, -0.1) is 0 Å². The molecule has 0 aliphatic heterocycles. The molecule has 0 spiro atoms. The second-order valence-corrected chi connectivity index (χ2v) is 4.41. The summed E-state index contributed by atoms with van der Waals surface area (Å²) in [6, 6.07) is 2.10. The van der Waals surface area contributed by atoms with Crippen LogP contribution in [0, 0.1) is 0 Å². The van der Waals surface area contributed by atoms with Gasteiger partial charge in [-0.1, -0.05) is 11.8 Å². The monoisotopic (exact) mass is 223 g/mol. The number of nitrogen functional groups attached to an aromatic ring is 1. The summed E-state index contributed by atoms with van der Waals surface area (Å²) < 4.78 is 0. The van der Waals surface area contributed by atoms with Gasteiger partial charge in [0.1, 0.15) is 5.03 Å². The fourth-order valence-electron chi connectivity index (χ4n) is 0.974. The molecule has 2 rings (SSSR count). The van der Waals surface area contributed by atoms with E-state index in [1.807, 2.05) is 0 Å². The van der Waals surface area contributed by atoms with Crippen LogP contribution in [0.5, 0.6) is 0 Å². The first kappa shape index (κ1) is 9.48. The molecule has 5 heteroatoms. The Labute approximate surface area is 90.4 Å². The highest BCUT2D eigenvalue weighted by molar-refractivity contribution is 7.98. The zero-order valence-electron chi connectivity index (χ0n) is 7.38. The first-order valence-electron chi connectivity index (χ1n) is 4.06. The molecule has 0 aromatic carbocycles. The lowest BCUT2D eigenvalue weighted by Crippen LogP contribution is -1.94. The highest BCUT2D eigenvalue weighted by Gasteiger charge is 2.02. The van der Waals surface area contributed by atoms with Crippen LogP contribution in [0.25, 0.3) is 0 Å². The van der Waals surface area contributed by atoms with E-state index in [0.29, 0.717) is 5.82 Å². The molecule has 0 saturated carbocycles. The summed E-state index contributed by atoms with van der Waals surface area (Å²) >= 11 is 3.31. The molecule has 2 aromatic heterocycles. The molecule has 14 heavy (non-hydrogen) atoms. The van der Waals surface area contributed by atoms with Crippen LogP contribution in [-0.4, -0.2) is 9.97 Å². The van der Waals surface area contributed by atoms with Crippen molar-refractivity contribution in [3.63, 3.8) is 0 Å². The maximum absolute atomic E-state index is 5.67. The number of thioether (sulfide) groups is 1. The third kappa shape index (κ3) is 2.24. The van der Waals surface area contributed by atoms with E-state index in [9.17, 15) is 0 Å². The molecular weight excluding hydrogens is 214 g/mol. The van der Waals surface area contributed by atoms with Crippen molar-refractivity contribution in [3.05, 3.63) is 34.8 Å². The molecule has 2 heterocycles. The zero-order valence-corrected chi connectivity index (χ0v) is 9.02. The van der Waals surface area contributed by atoms with Crippen molar-refractivity contribution in [2.24, 2.45) is 0 Å². The van der Waals surface area contributed by atoms with E-state index in [1.54, 1.807) is 35.5 Å². The zero-order chi connectivity index (χ0) is 9.80. The molecule has 2 N–H and O–H groups in total. The van der Waals surface area contributed by atoms with Gasteiger partial charge >= 0.3 is 0 Å². The van der Waals surface area contributed by atoms with Crippen LogP contribution < -0.4 is 5.73 Å². The van der Waals surface area contributed by atoms with E-state index in [0.717, 1.165) is 10.8 Å². The lowest BCUT2D eigenvalue weighted by atomic mass is 10.4. The molecule has 0 fully saturated rings. The average Bonchev–Trinajstić information content (AvgIpc) is 2.69. The van der Waals surface area contributed by atoms with E-state index in [4.69, 9.17) is 5.73 Å². The van der Waals surface area contributed by atoms with E-state index in [2.05, 4.69) is 26.8 Å². The number of nitrogens with zero attached hydrogens (tertiary/aromatic N) is 2. The first-order chi connectivity index (χ1) is 6.86. The topological polar surface area (TPSA) is 51.8 Å². The van der Waals surface area contributed by atoms with Crippen LogP contribution in [0.3, 0.4) is 0 Å². The van der Waals surface area contributed by atoms with Gasteiger partial charge in [-0.2, -0.15) is 11.3 Å². The number of aromatic nitrogens is 2. The summed E-state index contributed by atoms with van der Waals surface area (Å²) in [5, 5.41) is 4.99. The molecule has 3 nitrogen and oxygen atoms in total. The van der Waals surface area contributed by atoms with Gasteiger partial charge in [0, 0.05) is 18.1 Å². The number of nitrogens with two attached hydrogens (primary N) is 1. The van der Waals surface area contributed by atoms with Crippen molar-refractivity contribution in [3.8, 4) is 0 Å². The van der Waals surface area contributed by atoms with Crippen molar-refractivity contribution in [1.82, 2.24) is 9.97 Å². The van der Waals surface area contributed by atoms with Gasteiger partial charge < -0.3 is 5.73 Å². The largest absolute Gasteiger partial charge is 0.381 e. The van der Waals surface area contributed by atoms with Crippen molar-refractivity contribution in [2.45, 2.75) is 10.8 Å². The number of rotatable bonds is 3. The summed E-state index contributed by atoms with van der Waals surface area (Å²) in [4.78, 5) is 8.13. The van der Waals surface area contributed by atoms with Gasteiger partial charge in [0.15, 0.2) is 5.82 Å². The van der Waals surface area contributed by atoms with Gasteiger partial charge in [0.05, 0.1) is 0 Å². The minimum atomic E-state index is 0.507. The fraction of sp³-hybridized carbons (Fsp3) is 0.111. The molecular formula is C9H9N3S2. The molecule has 72 valence electrons. The van der Waals surface area contributed by atoms with Gasteiger partial charge in [0.2, 0.25) is 0 Å². The van der Waals surface area contributed by atoms with E-state index < -0.39 is 0 Å². The highest BCUT2D eigenvalue weighted by atomic mass is 32.2. The average molecular weight is 223 g/mol. The Morgan fingerprint density at radius 2 is 2.21 bits per heavy atom. The second-order valence-electron chi connectivity index (χ2n) is 2.67. The SMILES string of the molecule is Nc1nccnc1SCc1ccsc1. The van der Waals surface area contributed by atoms with Crippen LogP contribution in [0.1, 0.15) is 5.56 Å². The summed E-state index contributed by atoms with van der Waals surface area (Å²) in [5.41, 5.74) is 6.96. The Morgan fingerprint density at radius 3 is 2.93 bits per heavy atom. The molecule has 0 amide bonds. The van der Waals surface area contributed by atoms with Crippen LogP contribution in [-0.2, 0) is 5.75 Å². The Morgan fingerprint density at radius 1 is 1.36 bits per heavy atom. The van der Waals surface area contributed by atoms with E-state index in [-0.39, 0.29) is 0 Å². The number of thiophene rings is 1. The summed E-state index contributed by atoms with van der Waals surface area (Å²) in [5.74, 6) is 1.40. The molecule has 0 atom stereocenters. The second kappa shape index (κ2) is 4.43. The quantitative estimate of drug-likeness (QED) is 0.812. The number of hydrogen-bond donors (Lipinski definition) is 1. The first-order valence-corrected chi connectivity index (χ1v) is 5.99. The standard InChI is InChI=1S/C9H9N3S2/c10-8-9(12-3-2-11-8)14-6-7-1-4-13-5-7/h1-5H,6H2,(H2,10,11). The predicted octanol–water partition coefficient (Wildman–Crippen LogP) is 2.41. The van der Waals surface area contributed by atoms with Gasteiger partial charge in [-0.25, -0.2) is 9.97 Å². The van der Waals surface area contributed by atoms with Gasteiger partial charge in [-0.3, -0.25) is 0 Å². The summed E-state index contributed by atoms with van der Waals surface area (Å²) in [6.45, 7) is 0. The van der Waals surface area contributed by atoms with Crippen molar-refractivity contribution < 1.29 is 0 Å². The predicted molar refractivity (Wildman–Crippen MR) is 60.3 cm³/mol. The maximum Gasteiger partial charge on any atom is 0.156 e. The van der Waals surface area contributed by atoms with Crippen LogP contribution in [0.4, 0.5) is 5.82 Å². The van der Waals surface area contributed by atoms with Gasteiger partial charge in [0.25, 0.3) is 0 Å². The molecule has 0 aliphatic carbocycles. The minimum Gasteiger partial charge on any atom is -0.381 e. The van der Waals surface area contributed by atoms with Crippen LogP contribution in [0.2, 0.25) is 0 Å². The lowest BCUT2D eigenvalue weighted by Gasteiger charge is -2.00. The molecule has 0 unspecified atom stereocenters. The number of anilines is 1. The maximum atomic E-state index is 5.67. The normalized spacial score (nSPS) is 10.3. The molecule has 0 saturated heterocycles. The van der Waals surface area contributed by atoms with E-state index >= 15 is 0 Å². The van der Waals surface area contributed by atoms with Crippen molar-refractivity contribution in [2.75, 3.05) is 5.73 Å². The van der Waals surface area contributed by atoms with Crippen molar-refractivity contribution >= 4 is 28.9 Å². The Kier molecular flexibility index (Phi) is 3.00. The Balaban J connectivity index is 2.02. The third-order valence-corrected chi connectivity index (χ3v) is 3.44. The highest BCUT2D eigenvalue weighted by Crippen LogP contribution is 2.24. The molecule has 0 bridgehead atoms. The lowest BCUT2D eigenvalue weighted by molar-refractivity contribution is 1.07. The fourth-order valence-corrected chi connectivity index (χ4v) is 2.57. The summed E-state index contributed by atoms with van der Waals surface area (Å²) in [7, 11) is 0. The van der Waals surface area contributed by atoms with Gasteiger partial charge in [-0.05, 0) is 22.4 Å². The third-order valence-electron chi connectivity index (χ3n) is 1.65. The number of hydrogen-bond acceptors (Lipinski definition) is 5.